The summed E-state index contributed by atoms with van der Waals surface area (Å²) in [6, 6.07) is 1.93. The van der Waals surface area contributed by atoms with Crippen molar-refractivity contribution in [2.45, 2.75) is 13.0 Å². The Morgan fingerprint density at radius 2 is 2.16 bits per heavy atom. The summed E-state index contributed by atoms with van der Waals surface area (Å²) in [5, 5.41) is 29.6. The molecular formula is C11H13NO7. The number of carbonyl (C=O) groups excluding carboxylic acids is 1. The SMILES string of the molecule is COC(=O)c1cc(O)c(OCC(C)O)c([N+](=O)[O-])c1. The summed E-state index contributed by atoms with van der Waals surface area (Å²) >= 11 is 0. The van der Waals surface area contributed by atoms with Crippen LogP contribution >= 0.6 is 0 Å². The molecule has 0 saturated heterocycles. The highest BCUT2D eigenvalue weighted by Gasteiger charge is 2.24. The molecule has 8 heteroatoms. The summed E-state index contributed by atoms with van der Waals surface area (Å²) in [6.07, 6.45) is -0.862. The number of nitrogens with zero attached hydrogens (tertiary/aromatic N) is 1. The van der Waals surface area contributed by atoms with Gasteiger partial charge in [0.15, 0.2) is 5.75 Å². The highest BCUT2D eigenvalue weighted by Crippen LogP contribution is 2.37. The van der Waals surface area contributed by atoms with E-state index in [9.17, 15) is 20.0 Å². The van der Waals surface area contributed by atoms with E-state index in [-0.39, 0.29) is 12.2 Å². The van der Waals surface area contributed by atoms with E-state index in [1.54, 1.807) is 0 Å². The molecule has 0 aromatic heterocycles. The molecule has 0 heterocycles. The predicted octanol–water partition coefficient (Wildman–Crippen LogP) is 0.847. The molecule has 0 radical (unpaired) electrons. The number of nitro benzene ring substituents is 1. The summed E-state index contributed by atoms with van der Waals surface area (Å²) in [6.45, 7) is 1.19. The van der Waals surface area contributed by atoms with Gasteiger partial charge >= 0.3 is 11.7 Å². The number of aliphatic hydroxyl groups is 1. The number of ether oxygens (including phenoxy) is 2. The van der Waals surface area contributed by atoms with Gasteiger partial charge in [-0.05, 0) is 13.0 Å². The first-order valence-corrected chi connectivity index (χ1v) is 5.27. The minimum absolute atomic E-state index is 0.170. The van der Waals surface area contributed by atoms with E-state index < -0.39 is 34.2 Å². The molecule has 1 rings (SSSR count). The summed E-state index contributed by atoms with van der Waals surface area (Å²) in [7, 11) is 1.11. The molecule has 0 aliphatic carbocycles. The van der Waals surface area contributed by atoms with Crippen LogP contribution in [0.1, 0.15) is 17.3 Å². The van der Waals surface area contributed by atoms with Crippen LogP contribution < -0.4 is 4.74 Å². The molecule has 19 heavy (non-hydrogen) atoms. The van der Waals surface area contributed by atoms with Gasteiger partial charge in [-0.25, -0.2) is 4.79 Å². The van der Waals surface area contributed by atoms with E-state index in [2.05, 4.69) is 4.74 Å². The molecule has 1 unspecified atom stereocenters. The second kappa shape index (κ2) is 6.01. The van der Waals surface area contributed by atoms with Gasteiger partial charge in [0, 0.05) is 6.07 Å². The second-order valence-electron chi connectivity index (χ2n) is 3.75. The van der Waals surface area contributed by atoms with Crippen LogP contribution in [0, 0.1) is 10.1 Å². The fourth-order valence-corrected chi connectivity index (χ4v) is 1.32. The van der Waals surface area contributed by atoms with E-state index in [0.717, 1.165) is 19.2 Å². The zero-order valence-corrected chi connectivity index (χ0v) is 10.3. The third kappa shape index (κ3) is 3.55. The van der Waals surface area contributed by atoms with E-state index in [0.29, 0.717) is 0 Å². The minimum Gasteiger partial charge on any atom is -0.504 e. The van der Waals surface area contributed by atoms with Crippen LogP contribution in [-0.4, -0.2) is 40.9 Å². The molecule has 0 bridgehead atoms. The lowest BCUT2D eigenvalue weighted by Gasteiger charge is -2.11. The number of carbonyl (C=O) groups is 1. The Kier molecular flexibility index (Phi) is 4.65. The third-order valence-corrected chi connectivity index (χ3v) is 2.14. The summed E-state index contributed by atoms with van der Waals surface area (Å²) < 4.78 is 9.38. The Labute approximate surface area is 108 Å². The molecule has 104 valence electrons. The number of hydrogen-bond acceptors (Lipinski definition) is 7. The molecule has 0 amide bonds. The Bertz CT molecular complexity index is 498. The maximum absolute atomic E-state index is 11.3. The predicted molar refractivity (Wildman–Crippen MR) is 63.3 cm³/mol. The first-order chi connectivity index (χ1) is 8.86. The van der Waals surface area contributed by atoms with Gasteiger partial charge in [0.1, 0.15) is 6.61 Å². The van der Waals surface area contributed by atoms with Gasteiger partial charge in [0.05, 0.1) is 23.7 Å². The normalized spacial score (nSPS) is 11.7. The fourth-order valence-electron chi connectivity index (χ4n) is 1.32. The number of methoxy groups -OCH3 is 1. The first kappa shape index (κ1) is 14.7. The number of aliphatic hydroxyl groups excluding tert-OH is 1. The van der Waals surface area contributed by atoms with Crippen LogP contribution in [0.25, 0.3) is 0 Å². The lowest BCUT2D eigenvalue weighted by atomic mass is 10.1. The lowest BCUT2D eigenvalue weighted by molar-refractivity contribution is -0.386. The van der Waals surface area contributed by atoms with Crippen LogP contribution in [0.3, 0.4) is 0 Å². The van der Waals surface area contributed by atoms with Crippen molar-refractivity contribution >= 4 is 11.7 Å². The van der Waals surface area contributed by atoms with E-state index in [4.69, 9.17) is 9.84 Å². The van der Waals surface area contributed by atoms with Crippen molar-refractivity contribution in [2.24, 2.45) is 0 Å². The lowest BCUT2D eigenvalue weighted by Crippen LogP contribution is -2.14. The molecule has 2 N–H and O–H groups in total. The topological polar surface area (TPSA) is 119 Å². The van der Waals surface area contributed by atoms with Gasteiger partial charge in [-0.2, -0.15) is 0 Å². The highest BCUT2D eigenvalue weighted by atomic mass is 16.6. The number of phenolic OH excluding ortho intramolecular Hbond substituents is 1. The molecule has 8 nitrogen and oxygen atoms in total. The van der Waals surface area contributed by atoms with Crippen LogP contribution in [0.4, 0.5) is 5.69 Å². The summed E-state index contributed by atoms with van der Waals surface area (Å²) in [5.74, 6) is -1.80. The van der Waals surface area contributed by atoms with Crippen molar-refractivity contribution in [1.82, 2.24) is 0 Å². The molecule has 1 aromatic rings. The van der Waals surface area contributed by atoms with Gasteiger partial charge in [-0.15, -0.1) is 0 Å². The quantitative estimate of drug-likeness (QED) is 0.462. The van der Waals surface area contributed by atoms with E-state index in [1.165, 1.54) is 6.92 Å². The van der Waals surface area contributed by atoms with Gasteiger partial charge < -0.3 is 19.7 Å². The van der Waals surface area contributed by atoms with Crippen LogP contribution in [0.2, 0.25) is 0 Å². The van der Waals surface area contributed by atoms with Crippen molar-refractivity contribution in [3.05, 3.63) is 27.8 Å². The molecule has 1 atom stereocenters. The Balaban J connectivity index is 3.23. The first-order valence-electron chi connectivity index (χ1n) is 5.27. The highest BCUT2D eigenvalue weighted by molar-refractivity contribution is 5.91. The maximum Gasteiger partial charge on any atom is 0.338 e. The molecule has 1 aromatic carbocycles. The number of phenols is 1. The molecule has 0 spiro atoms. The fraction of sp³-hybridized carbons (Fsp3) is 0.364. The average Bonchev–Trinajstić information content (AvgIpc) is 2.35. The number of rotatable bonds is 5. The minimum atomic E-state index is -0.862. The third-order valence-electron chi connectivity index (χ3n) is 2.14. The van der Waals surface area contributed by atoms with Crippen LogP contribution in [0.5, 0.6) is 11.5 Å². The average molecular weight is 271 g/mol. The standard InChI is InChI=1S/C11H13NO7/c1-6(13)5-19-10-8(12(16)17)3-7(4-9(10)14)11(15)18-2/h3-4,6,13-14H,5H2,1-2H3. The van der Waals surface area contributed by atoms with Crippen molar-refractivity contribution < 1.29 is 29.4 Å². The second-order valence-corrected chi connectivity index (χ2v) is 3.75. The number of esters is 1. The zero-order valence-electron chi connectivity index (χ0n) is 10.3. The molecule has 0 fully saturated rings. The zero-order chi connectivity index (χ0) is 14.6. The van der Waals surface area contributed by atoms with Crippen molar-refractivity contribution in [1.29, 1.82) is 0 Å². The Hall–Kier alpha value is -2.35. The van der Waals surface area contributed by atoms with Crippen LogP contribution in [-0.2, 0) is 4.74 Å². The smallest absolute Gasteiger partial charge is 0.338 e. The van der Waals surface area contributed by atoms with E-state index in [1.807, 2.05) is 0 Å². The molecular weight excluding hydrogens is 258 g/mol. The Morgan fingerprint density at radius 3 is 2.63 bits per heavy atom. The van der Waals surface area contributed by atoms with E-state index >= 15 is 0 Å². The summed E-state index contributed by atoms with van der Waals surface area (Å²) in [5.41, 5.74) is -0.753. The maximum atomic E-state index is 11.3. The van der Waals surface area contributed by atoms with Gasteiger partial charge in [-0.1, -0.05) is 0 Å². The van der Waals surface area contributed by atoms with Gasteiger partial charge in [-0.3, -0.25) is 10.1 Å². The van der Waals surface area contributed by atoms with Crippen molar-refractivity contribution in [3.63, 3.8) is 0 Å². The monoisotopic (exact) mass is 271 g/mol. The number of nitro groups is 1. The number of benzene rings is 1. The summed E-state index contributed by atoms with van der Waals surface area (Å²) in [4.78, 5) is 21.4. The number of aromatic hydroxyl groups is 1. The van der Waals surface area contributed by atoms with Gasteiger partial charge in [0.2, 0.25) is 5.75 Å². The number of hydrogen-bond donors (Lipinski definition) is 2. The Morgan fingerprint density at radius 1 is 1.53 bits per heavy atom. The molecule has 0 aliphatic rings. The van der Waals surface area contributed by atoms with Crippen LogP contribution in [0.15, 0.2) is 12.1 Å². The van der Waals surface area contributed by atoms with Gasteiger partial charge in [0.25, 0.3) is 0 Å². The van der Waals surface area contributed by atoms with Crippen molar-refractivity contribution in [3.8, 4) is 11.5 Å². The van der Waals surface area contributed by atoms with Crippen molar-refractivity contribution in [2.75, 3.05) is 13.7 Å². The largest absolute Gasteiger partial charge is 0.504 e. The molecule has 0 aliphatic heterocycles. The molecule has 0 saturated carbocycles.